The Hall–Kier alpha value is -2.49. The number of pyridine rings is 1. The molecule has 1 aromatic carbocycles. The number of hydrogen-bond acceptors (Lipinski definition) is 3. The summed E-state index contributed by atoms with van der Waals surface area (Å²) in [7, 11) is 0. The van der Waals surface area contributed by atoms with Gasteiger partial charge >= 0.3 is 0 Å². The first-order valence-corrected chi connectivity index (χ1v) is 5.23. The number of H-pyrrole nitrogens is 1. The zero-order valence-corrected chi connectivity index (χ0v) is 8.92. The van der Waals surface area contributed by atoms with Gasteiger partial charge < -0.3 is 4.98 Å². The second-order valence-corrected chi connectivity index (χ2v) is 3.69. The highest BCUT2D eigenvalue weighted by Crippen LogP contribution is 2.14. The molecule has 0 saturated carbocycles. The molecule has 3 aromatic rings. The number of fused-ring (bicyclic) bond motifs is 1. The molecule has 0 unspecified atom stereocenters. The lowest BCUT2D eigenvalue weighted by Gasteiger charge is -2.02. The molecule has 0 fully saturated rings. The van der Waals surface area contributed by atoms with E-state index < -0.39 is 0 Å². The van der Waals surface area contributed by atoms with Crippen molar-refractivity contribution in [1.82, 2.24) is 15.0 Å². The fourth-order valence-corrected chi connectivity index (χ4v) is 1.78. The first-order valence-electron chi connectivity index (χ1n) is 5.23. The number of nitrogens with zero attached hydrogens (tertiary/aromatic N) is 2. The zero-order valence-electron chi connectivity index (χ0n) is 8.92. The molecule has 4 heteroatoms. The van der Waals surface area contributed by atoms with Crippen molar-refractivity contribution >= 4 is 10.9 Å². The second kappa shape index (κ2) is 3.83. The van der Waals surface area contributed by atoms with Gasteiger partial charge in [-0.25, -0.2) is 9.97 Å². The first-order chi connectivity index (χ1) is 8.34. The van der Waals surface area contributed by atoms with E-state index in [2.05, 4.69) is 15.0 Å². The van der Waals surface area contributed by atoms with Crippen molar-refractivity contribution in [3.63, 3.8) is 0 Å². The van der Waals surface area contributed by atoms with Gasteiger partial charge in [-0.3, -0.25) is 4.79 Å². The van der Waals surface area contributed by atoms with Crippen molar-refractivity contribution in [3.05, 3.63) is 59.1 Å². The summed E-state index contributed by atoms with van der Waals surface area (Å²) in [5.74, 6) is 0. The largest absolute Gasteiger partial charge is 0.353 e. The van der Waals surface area contributed by atoms with Crippen molar-refractivity contribution in [1.29, 1.82) is 0 Å². The fourth-order valence-electron chi connectivity index (χ4n) is 1.78. The maximum absolute atomic E-state index is 11.9. The van der Waals surface area contributed by atoms with Gasteiger partial charge in [-0.05, 0) is 18.2 Å². The molecule has 0 bridgehead atoms. The van der Waals surface area contributed by atoms with Gasteiger partial charge in [-0.2, -0.15) is 0 Å². The van der Waals surface area contributed by atoms with E-state index in [4.69, 9.17) is 0 Å². The van der Waals surface area contributed by atoms with Crippen LogP contribution < -0.4 is 5.43 Å². The first kappa shape index (κ1) is 9.72. The minimum atomic E-state index is -0.00652. The average Bonchev–Trinajstić information content (AvgIpc) is 2.40. The molecule has 0 aliphatic rings. The van der Waals surface area contributed by atoms with Crippen molar-refractivity contribution in [3.8, 4) is 11.4 Å². The van der Waals surface area contributed by atoms with Gasteiger partial charge in [0.05, 0.1) is 11.4 Å². The van der Waals surface area contributed by atoms with E-state index in [0.29, 0.717) is 16.8 Å². The van der Waals surface area contributed by atoms with Crippen LogP contribution in [0.25, 0.3) is 22.3 Å². The highest BCUT2D eigenvalue weighted by atomic mass is 16.1. The van der Waals surface area contributed by atoms with E-state index in [1.807, 2.05) is 18.2 Å². The summed E-state index contributed by atoms with van der Waals surface area (Å²) in [5, 5.41) is 0.685. The third kappa shape index (κ3) is 1.69. The van der Waals surface area contributed by atoms with Crippen LogP contribution in [-0.2, 0) is 0 Å². The Balaban J connectivity index is 2.30. The van der Waals surface area contributed by atoms with Crippen molar-refractivity contribution in [2.45, 2.75) is 0 Å². The van der Waals surface area contributed by atoms with Gasteiger partial charge in [-0.1, -0.05) is 12.1 Å². The molecule has 0 atom stereocenters. The summed E-state index contributed by atoms with van der Waals surface area (Å²) in [4.78, 5) is 23.1. The Morgan fingerprint density at radius 1 is 1.12 bits per heavy atom. The summed E-state index contributed by atoms with van der Waals surface area (Å²) < 4.78 is 0. The van der Waals surface area contributed by atoms with Gasteiger partial charge in [0, 0.05) is 23.2 Å². The van der Waals surface area contributed by atoms with Crippen LogP contribution in [0.5, 0.6) is 0 Å². The topological polar surface area (TPSA) is 58.6 Å². The molecule has 3 rings (SSSR count). The number of aromatic nitrogens is 3. The monoisotopic (exact) mass is 223 g/mol. The lowest BCUT2D eigenvalue weighted by atomic mass is 10.1. The van der Waals surface area contributed by atoms with Crippen LogP contribution in [0.4, 0.5) is 0 Å². The smallest absolute Gasteiger partial charge is 0.190 e. The van der Waals surface area contributed by atoms with Gasteiger partial charge in [0.2, 0.25) is 0 Å². The quantitative estimate of drug-likeness (QED) is 0.686. The van der Waals surface area contributed by atoms with Crippen LogP contribution in [0.15, 0.2) is 53.7 Å². The Morgan fingerprint density at radius 3 is 2.82 bits per heavy atom. The predicted octanol–water partition coefficient (Wildman–Crippen LogP) is 1.99. The molecule has 0 spiro atoms. The van der Waals surface area contributed by atoms with Gasteiger partial charge in [0.1, 0.15) is 6.33 Å². The van der Waals surface area contributed by atoms with Crippen LogP contribution in [0.1, 0.15) is 0 Å². The molecule has 2 aromatic heterocycles. The molecule has 0 aliphatic heterocycles. The number of para-hydroxylation sites is 1. The van der Waals surface area contributed by atoms with E-state index in [1.54, 1.807) is 24.4 Å². The molecule has 17 heavy (non-hydrogen) atoms. The lowest BCUT2D eigenvalue weighted by molar-refractivity contribution is 1.16. The predicted molar refractivity (Wildman–Crippen MR) is 65.6 cm³/mol. The minimum Gasteiger partial charge on any atom is -0.353 e. The van der Waals surface area contributed by atoms with Crippen LogP contribution in [-0.4, -0.2) is 15.0 Å². The molecule has 0 radical (unpaired) electrons. The summed E-state index contributed by atoms with van der Waals surface area (Å²) in [6, 6.07) is 10.7. The number of rotatable bonds is 1. The molecule has 1 N–H and O–H groups in total. The summed E-state index contributed by atoms with van der Waals surface area (Å²) in [5.41, 5.74) is 2.22. The van der Waals surface area contributed by atoms with E-state index in [1.165, 1.54) is 6.33 Å². The standard InChI is InChI=1S/C13H9N3O/c17-13-7-12(11-5-6-14-8-15-11)16-10-4-2-1-3-9(10)13/h1-8H,(H,16,17). The van der Waals surface area contributed by atoms with Gasteiger partial charge in [0.25, 0.3) is 0 Å². The maximum atomic E-state index is 11.9. The number of nitrogens with one attached hydrogen (secondary N) is 1. The Labute approximate surface area is 97.0 Å². The SMILES string of the molecule is O=c1cc(-c2ccncn2)[nH]c2ccccc12. The van der Waals surface area contributed by atoms with E-state index in [-0.39, 0.29) is 5.43 Å². The molecule has 0 amide bonds. The van der Waals surface area contributed by atoms with Gasteiger partial charge in [0.15, 0.2) is 5.43 Å². The van der Waals surface area contributed by atoms with E-state index in [0.717, 1.165) is 5.52 Å². The van der Waals surface area contributed by atoms with Crippen LogP contribution in [0.3, 0.4) is 0 Å². The molecule has 0 saturated heterocycles. The average molecular weight is 223 g/mol. The Kier molecular flexibility index (Phi) is 2.19. The van der Waals surface area contributed by atoms with Crippen molar-refractivity contribution in [2.24, 2.45) is 0 Å². The molecule has 0 aliphatic carbocycles. The van der Waals surface area contributed by atoms with Crippen molar-refractivity contribution < 1.29 is 0 Å². The fraction of sp³-hybridized carbons (Fsp3) is 0. The van der Waals surface area contributed by atoms with Crippen LogP contribution in [0.2, 0.25) is 0 Å². The summed E-state index contributed by atoms with van der Waals surface area (Å²) in [6.07, 6.45) is 3.11. The van der Waals surface area contributed by atoms with Crippen LogP contribution >= 0.6 is 0 Å². The highest BCUT2D eigenvalue weighted by Gasteiger charge is 2.03. The van der Waals surface area contributed by atoms with E-state index >= 15 is 0 Å². The van der Waals surface area contributed by atoms with Crippen molar-refractivity contribution in [2.75, 3.05) is 0 Å². The number of hydrogen-bond donors (Lipinski definition) is 1. The third-order valence-corrected chi connectivity index (χ3v) is 2.60. The van der Waals surface area contributed by atoms with Crippen LogP contribution in [0, 0.1) is 0 Å². The normalized spacial score (nSPS) is 10.6. The molecule has 4 nitrogen and oxygen atoms in total. The molecule has 2 heterocycles. The lowest BCUT2D eigenvalue weighted by Crippen LogP contribution is -2.03. The molecular formula is C13H9N3O. The zero-order chi connectivity index (χ0) is 11.7. The maximum Gasteiger partial charge on any atom is 0.190 e. The van der Waals surface area contributed by atoms with E-state index in [9.17, 15) is 4.79 Å². The number of aromatic amines is 1. The molecular weight excluding hydrogens is 214 g/mol. The van der Waals surface area contributed by atoms with Gasteiger partial charge in [-0.15, -0.1) is 0 Å². The Bertz CT molecular complexity index is 719. The number of benzene rings is 1. The third-order valence-electron chi connectivity index (χ3n) is 2.60. The highest BCUT2D eigenvalue weighted by molar-refractivity contribution is 5.80. The minimum absolute atomic E-state index is 0.00652. The summed E-state index contributed by atoms with van der Waals surface area (Å²) in [6.45, 7) is 0. The second-order valence-electron chi connectivity index (χ2n) is 3.69. The Morgan fingerprint density at radius 2 is 2.00 bits per heavy atom. The summed E-state index contributed by atoms with van der Waals surface area (Å²) >= 11 is 0. The molecule has 82 valence electrons.